The molecule has 6 nitrogen and oxygen atoms in total. The van der Waals surface area contributed by atoms with Crippen molar-refractivity contribution in [1.29, 1.82) is 0 Å². The van der Waals surface area contributed by atoms with E-state index in [4.69, 9.17) is 0 Å². The Morgan fingerprint density at radius 1 is 1.22 bits per heavy atom. The second-order valence-electron chi connectivity index (χ2n) is 4.79. The van der Waals surface area contributed by atoms with Crippen LogP contribution in [0.3, 0.4) is 0 Å². The van der Waals surface area contributed by atoms with Crippen molar-refractivity contribution in [1.82, 2.24) is 20.2 Å². The molecule has 8 heteroatoms. The topological polar surface area (TPSA) is 72.7 Å². The maximum atomic E-state index is 12.9. The highest BCUT2D eigenvalue weighted by Crippen LogP contribution is 2.20. The second-order valence-corrected chi connectivity index (χ2v) is 5.71. The Balaban J connectivity index is 1.79. The first-order valence-corrected chi connectivity index (χ1v) is 7.46. The van der Waals surface area contributed by atoms with Crippen molar-refractivity contribution in [2.24, 2.45) is 0 Å². The fourth-order valence-corrected chi connectivity index (χ4v) is 2.41. The SMILES string of the molecule is Cc1cc(Br)ccc1NC(=O)c1nnn(-c2ccc(F)cc2)n1. The molecule has 3 aromatic rings. The minimum atomic E-state index is -0.469. The standard InChI is InChI=1S/C15H11BrFN5O/c1-9-8-10(16)2-7-13(9)18-15(23)14-19-21-22(20-14)12-5-3-11(17)4-6-12/h2-8H,1H3,(H,18,23). The van der Waals surface area contributed by atoms with Gasteiger partial charge in [0.25, 0.3) is 11.7 Å². The van der Waals surface area contributed by atoms with Crippen molar-refractivity contribution in [2.45, 2.75) is 6.92 Å². The molecule has 0 unspecified atom stereocenters. The summed E-state index contributed by atoms with van der Waals surface area (Å²) in [4.78, 5) is 13.4. The number of nitrogens with one attached hydrogen (secondary N) is 1. The zero-order valence-electron chi connectivity index (χ0n) is 12.0. The van der Waals surface area contributed by atoms with Crippen LogP contribution in [0.4, 0.5) is 10.1 Å². The number of rotatable bonds is 3. The normalized spacial score (nSPS) is 10.6. The Morgan fingerprint density at radius 2 is 1.96 bits per heavy atom. The van der Waals surface area contributed by atoms with E-state index < -0.39 is 5.91 Å². The molecule has 2 aromatic carbocycles. The van der Waals surface area contributed by atoms with Crippen LogP contribution in [0.25, 0.3) is 5.69 Å². The smallest absolute Gasteiger partial charge is 0.297 e. The molecule has 0 saturated carbocycles. The van der Waals surface area contributed by atoms with Crippen LogP contribution in [-0.4, -0.2) is 26.1 Å². The Hall–Kier alpha value is -2.61. The summed E-state index contributed by atoms with van der Waals surface area (Å²) in [6.07, 6.45) is 0. The molecular weight excluding hydrogens is 365 g/mol. The van der Waals surface area contributed by atoms with Crippen LogP contribution in [0.15, 0.2) is 46.9 Å². The minimum absolute atomic E-state index is 0.0726. The quantitative estimate of drug-likeness (QED) is 0.763. The van der Waals surface area contributed by atoms with Crippen LogP contribution in [0.5, 0.6) is 0 Å². The molecule has 1 aromatic heterocycles. The molecule has 0 aliphatic heterocycles. The van der Waals surface area contributed by atoms with E-state index >= 15 is 0 Å². The molecule has 116 valence electrons. The highest BCUT2D eigenvalue weighted by molar-refractivity contribution is 9.10. The van der Waals surface area contributed by atoms with Crippen LogP contribution in [0.2, 0.25) is 0 Å². The van der Waals surface area contributed by atoms with Crippen molar-refractivity contribution in [2.75, 3.05) is 5.32 Å². The summed E-state index contributed by atoms with van der Waals surface area (Å²) >= 11 is 3.36. The van der Waals surface area contributed by atoms with E-state index in [1.807, 2.05) is 19.1 Å². The molecule has 0 radical (unpaired) electrons. The van der Waals surface area contributed by atoms with Gasteiger partial charge in [-0.2, -0.15) is 0 Å². The van der Waals surface area contributed by atoms with Gasteiger partial charge in [0.15, 0.2) is 0 Å². The summed E-state index contributed by atoms with van der Waals surface area (Å²) in [7, 11) is 0. The van der Waals surface area contributed by atoms with Gasteiger partial charge in [0, 0.05) is 10.2 Å². The van der Waals surface area contributed by atoms with Crippen LogP contribution in [-0.2, 0) is 0 Å². The molecule has 0 spiro atoms. The Labute approximate surface area is 139 Å². The molecule has 0 fully saturated rings. The fraction of sp³-hybridized carbons (Fsp3) is 0.0667. The molecule has 0 saturated heterocycles. The Bertz CT molecular complexity index is 863. The first kappa shape index (κ1) is 15.3. The van der Waals surface area contributed by atoms with Crippen LogP contribution >= 0.6 is 15.9 Å². The molecule has 0 atom stereocenters. The number of aryl methyl sites for hydroxylation is 1. The third-order valence-corrected chi connectivity index (χ3v) is 3.60. The number of aromatic nitrogens is 4. The molecule has 0 aliphatic rings. The molecule has 1 amide bonds. The number of benzene rings is 2. The van der Waals surface area contributed by atoms with E-state index in [9.17, 15) is 9.18 Å². The number of anilines is 1. The van der Waals surface area contributed by atoms with E-state index in [1.165, 1.54) is 29.1 Å². The largest absolute Gasteiger partial charge is 0.319 e. The Morgan fingerprint density at radius 3 is 2.65 bits per heavy atom. The lowest BCUT2D eigenvalue weighted by molar-refractivity contribution is 0.101. The first-order valence-electron chi connectivity index (χ1n) is 6.66. The van der Waals surface area contributed by atoms with Crippen LogP contribution < -0.4 is 5.32 Å². The second kappa shape index (κ2) is 6.25. The molecule has 0 aliphatic carbocycles. The lowest BCUT2D eigenvalue weighted by Crippen LogP contribution is -2.15. The monoisotopic (exact) mass is 375 g/mol. The number of nitrogens with zero attached hydrogens (tertiary/aromatic N) is 4. The van der Waals surface area contributed by atoms with E-state index in [0.29, 0.717) is 11.4 Å². The predicted octanol–water partition coefficient (Wildman–Crippen LogP) is 3.12. The van der Waals surface area contributed by atoms with Crippen LogP contribution in [0, 0.1) is 12.7 Å². The molecule has 23 heavy (non-hydrogen) atoms. The van der Waals surface area contributed by atoms with Gasteiger partial charge in [-0.3, -0.25) is 4.79 Å². The number of carbonyl (C=O) groups is 1. The summed E-state index contributed by atoms with van der Waals surface area (Å²) in [5, 5.41) is 14.3. The van der Waals surface area contributed by atoms with Crippen molar-refractivity contribution in [3.05, 3.63) is 64.1 Å². The molecular formula is C15H11BrFN5O. The summed E-state index contributed by atoms with van der Waals surface area (Å²) in [5.74, 6) is -0.905. The number of amides is 1. The summed E-state index contributed by atoms with van der Waals surface area (Å²) < 4.78 is 13.8. The van der Waals surface area contributed by atoms with Gasteiger partial charge in [-0.15, -0.1) is 15.0 Å². The molecule has 3 rings (SSSR count). The van der Waals surface area contributed by atoms with Gasteiger partial charge in [-0.1, -0.05) is 15.9 Å². The highest BCUT2D eigenvalue weighted by Gasteiger charge is 2.15. The van der Waals surface area contributed by atoms with Crippen molar-refractivity contribution >= 4 is 27.5 Å². The zero-order chi connectivity index (χ0) is 16.4. The van der Waals surface area contributed by atoms with Crippen molar-refractivity contribution in [3.8, 4) is 5.69 Å². The predicted molar refractivity (Wildman–Crippen MR) is 85.9 cm³/mol. The first-order chi connectivity index (χ1) is 11.0. The fourth-order valence-electron chi connectivity index (χ4n) is 1.93. The van der Waals surface area contributed by atoms with Gasteiger partial charge in [-0.05, 0) is 60.2 Å². The Kier molecular flexibility index (Phi) is 4.16. The summed E-state index contributed by atoms with van der Waals surface area (Å²) in [5.41, 5.74) is 2.08. The number of hydrogen-bond donors (Lipinski definition) is 1. The lowest BCUT2D eigenvalue weighted by atomic mass is 10.2. The maximum absolute atomic E-state index is 12.9. The third-order valence-electron chi connectivity index (χ3n) is 3.11. The van der Waals surface area contributed by atoms with Gasteiger partial charge >= 0.3 is 0 Å². The van der Waals surface area contributed by atoms with E-state index in [1.54, 1.807) is 6.07 Å². The number of hydrogen-bond acceptors (Lipinski definition) is 4. The van der Waals surface area contributed by atoms with Gasteiger partial charge < -0.3 is 5.32 Å². The average molecular weight is 376 g/mol. The number of halogens is 2. The highest BCUT2D eigenvalue weighted by atomic mass is 79.9. The van der Waals surface area contributed by atoms with E-state index in [2.05, 4.69) is 36.7 Å². The van der Waals surface area contributed by atoms with Gasteiger partial charge in [0.05, 0.1) is 5.69 Å². The van der Waals surface area contributed by atoms with Crippen molar-refractivity contribution in [3.63, 3.8) is 0 Å². The van der Waals surface area contributed by atoms with E-state index in [0.717, 1.165) is 10.0 Å². The van der Waals surface area contributed by atoms with Gasteiger partial charge in [-0.25, -0.2) is 4.39 Å². The molecule has 1 N–H and O–H groups in total. The zero-order valence-corrected chi connectivity index (χ0v) is 13.6. The molecule has 0 bridgehead atoms. The maximum Gasteiger partial charge on any atom is 0.297 e. The molecule has 1 heterocycles. The van der Waals surface area contributed by atoms with Gasteiger partial charge in [0.1, 0.15) is 5.82 Å². The third kappa shape index (κ3) is 3.42. The number of carbonyl (C=O) groups excluding carboxylic acids is 1. The summed E-state index contributed by atoms with van der Waals surface area (Å²) in [6, 6.07) is 11.0. The average Bonchev–Trinajstić information content (AvgIpc) is 3.01. The minimum Gasteiger partial charge on any atom is -0.319 e. The lowest BCUT2D eigenvalue weighted by Gasteiger charge is -2.06. The number of tetrazole rings is 1. The van der Waals surface area contributed by atoms with E-state index in [-0.39, 0.29) is 11.6 Å². The van der Waals surface area contributed by atoms with Crippen molar-refractivity contribution < 1.29 is 9.18 Å². The summed E-state index contributed by atoms with van der Waals surface area (Å²) in [6.45, 7) is 1.88. The van der Waals surface area contributed by atoms with Crippen LogP contribution in [0.1, 0.15) is 16.2 Å². The van der Waals surface area contributed by atoms with Gasteiger partial charge in [0.2, 0.25) is 0 Å².